The molecule has 0 bridgehead atoms. The minimum atomic E-state index is -0.323. The van der Waals surface area contributed by atoms with E-state index < -0.39 is 0 Å². The summed E-state index contributed by atoms with van der Waals surface area (Å²) in [5.74, 6) is 0.751. The lowest BCUT2D eigenvalue weighted by atomic mass is 10.1. The molecule has 0 aromatic heterocycles. The van der Waals surface area contributed by atoms with Crippen LogP contribution in [-0.2, 0) is 10.5 Å². The fourth-order valence-electron chi connectivity index (χ4n) is 1.38. The predicted octanol–water partition coefficient (Wildman–Crippen LogP) is 3.87. The van der Waals surface area contributed by atoms with Crippen LogP contribution in [0.3, 0.4) is 0 Å². The highest BCUT2D eigenvalue weighted by Crippen LogP contribution is 2.23. The van der Waals surface area contributed by atoms with Crippen LogP contribution in [0.1, 0.15) is 26.3 Å². The average Bonchev–Trinajstić information content (AvgIpc) is 2.32. The fraction of sp³-hybridized carbons (Fsp3) is 0.500. The van der Waals surface area contributed by atoms with Crippen molar-refractivity contribution in [1.82, 2.24) is 5.32 Å². The third-order valence-corrected chi connectivity index (χ3v) is 4.24. The van der Waals surface area contributed by atoms with Gasteiger partial charge in [-0.2, -0.15) is 0 Å². The van der Waals surface area contributed by atoms with Gasteiger partial charge in [-0.25, -0.2) is 4.39 Å². The molecule has 1 amide bonds. The minimum absolute atomic E-state index is 0.0290. The summed E-state index contributed by atoms with van der Waals surface area (Å²) in [7, 11) is 0. The van der Waals surface area contributed by atoms with Crippen LogP contribution in [0.25, 0.3) is 0 Å². The molecule has 106 valence electrons. The van der Waals surface area contributed by atoms with Crippen molar-refractivity contribution in [3.05, 3.63) is 34.6 Å². The van der Waals surface area contributed by atoms with Gasteiger partial charge < -0.3 is 5.32 Å². The predicted molar refractivity (Wildman–Crippen MR) is 80.0 cm³/mol. The number of thioether (sulfide) groups is 1. The molecule has 1 rings (SSSR count). The molecule has 5 heteroatoms. The van der Waals surface area contributed by atoms with Crippen molar-refractivity contribution >= 4 is 29.3 Å². The van der Waals surface area contributed by atoms with Crippen molar-refractivity contribution < 1.29 is 9.18 Å². The average molecular weight is 304 g/mol. The first-order valence-electron chi connectivity index (χ1n) is 6.21. The van der Waals surface area contributed by atoms with Crippen LogP contribution >= 0.6 is 23.4 Å². The molecule has 0 aliphatic heterocycles. The number of benzene rings is 1. The van der Waals surface area contributed by atoms with E-state index in [1.54, 1.807) is 12.1 Å². The van der Waals surface area contributed by atoms with E-state index in [9.17, 15) is 9.18 Å². The number of amides is 1. The second kappa shape index (κ2) is 7.75. The largest absolute Gasteiger partial charge is 0.353 e. The molecule has 0 saturated carbocycles. The lowest BCUT2D eigenvalue weighted by molar-refractivity contribution is -0.119. The summed E-state index contributed by atoms with van der Waals surface area (Å²) in [6.45, 7) is 6.08. The second-order valence-corrected chi connectivity index (χ2v) is 6.19. The first-order valence-corrected chi connectivity index (χ1v) is 7.75. The van der Waals surface area contributed by atoms with E-state index in [1.807, 2.05) is 6.92 Å². The number of carbonyl (C=O) groups is 1. The van der Waals surface area contributed by atoms with Crippen LogP contribution in [0.2, 0.25) is 5.02 Å². The van der Waals surface area contributed by atoms with Gasteiger partial charge in [0.15, 0.2) is 0 Å². The SMILES string of the molecule is CC(C)C(C)NC(=O)CSCc1c(F)cccc1Cl. The topological polar surface area (TPSA) is 29.1 Å². The number of halogens is 2. The zero-order chi connectivity index (χ0) is 14.4. The van der Waals surface area contributed by atoms with Gasteiger partial charge in [0.1, 0.15) is 5.82 Å². The Bertz CT molecular complexity index is 419. The van der Waals surface area contributed by atoms with Gasteiger partial charge in [0.25, 0.3) is 0 Å². The molecular formula is C14H19ClFNOS. The molecule has 0 heterocycles. The Morgan fingerprint density at radius 3 is 2.68 bits per heavy atom. The van der Waals surface area contributed by atoms with Crippen LogP contribution in [0.15, 0.2) is 18.2 Å². The van der Waals surface area contributed by atoms with Gasteiger partial charge in [-0.15, -0.1) is 11.8 Å². The molecular weight excluding hydrogens is 285 g/mol. The molecule has 0 fully saturated rings. The van der Waals surface area contributed by atoms with Crippen molar-refractivity contribution in [3.63, 3.8) is 0 Å². The van der Waals surface area contributed by atoms with Crippen molar-refractivity contribution in [2.75, 3.05) is 5.75 Å². The van der Waals surface area contributed by atoms with Crippen LogP contribution in [-0.4, -0.2) is 17.7 Å². The first-order chi connectivity index (χ1) is 8.91. The highest BCUT2D eigenvalue weighted by molar-refractivity contribution is 7.99. The second-order valence-electron chi connectivity index (χ2n) is 4.79. The standard InChI is InChI=1S/C14H19ClFNOS/c1-9(2)10(3)17-14(18)8-19-7-11-12(15)5-4-6-13(11)16/h4-6,9-10H,7-8H2,1-3H3,(H,17,18). The Labute approximate surface area is 123 Å². The van der Waals surface area contributed by atoms with Crippen LogP contribution < -0.4 is 5.32 Å². The maximum Gasteiger partial charge on any atom is 0.230 e. The summed E-state index contributed by atoms with van der Waals surface area (Å²) in [5.41, 5.74) is 0.457. The van der Waals surface area contributed by atoms with E-state index in [2.05, 4.69) is 19.2 Å². The van der Waals surface area contributed by atoms with Gasteiger partial charge >= 0.3 is 0 Å². The van der Waals surface area contributed by atoms with Crippen molar-refractivity contribution in [2.24, 2.45) is 5.92 Å². The zero-order valence-electron chi connectivity index (χ0n) is 11.4. The minimum Gasteiger partial charge on any atom is -0.353 e. The lowest BCUT2D eigenvalue weighted by Crippen LogP contribution is -2.37. The van der Waals surface area contributed by atoms with E-state index in [1.165, 1.54) is 17.8 Å². The third kappa shape index (κ3) is 5.41. The Balaban J connectivity index is 2.40. The summed E-state index contributed by atoms with van der Waals surface area (Å²) in [4.78, 5) is 11.7. The maximum absolute atomic E-state index is 13.5. The third-order valence-electron chi connectivity index (χ3n) is 2.93. The van der Waals surface area contributed by atoms with E-state index in [0.717, 1.165) is 0 Å². The van der Waals surface area contributed by atoms with Gasteiger partial charge in [-0.1, -0.05) is 31.5 Å². The van der Waals surface area contributed by atoms with Gasteiger partial charge in [-0.05, 0) is 25.0 Å². The monoisotopic (exact) mass is 303 g/mol. The summed E-state index contributed by atoms with van der Waals surface area (Å²) in [5, 5.41) is 3.31. The van der Waals surface area contributed by atoms with Crippen LogP contribution in [0.4, 0.5) is 4.39 Å². The normalized spacial score (nSPS) is 12.5. The number of carbonyl (C=O) groups excluding carboxylic acids is 1. The summed E-state index contributed by atoms with van der Waals surface area (Å²) in [6.07, 6.45) is 0. The summed E-state index contributed by atoms with van der Waals surface area (Å²) >= 11 is 7.28. The van der Waals surface area contributed by atoms with E-state index in [-0.39, 0.29) is 17.8 Å². The van der Waals surface area contributed by atoms with Crippen molar-refractivity contribution in [1.29, 1.82) is 0 Å². The maximum atomic E-state index is 13.5. The smallest absolute Gasteiger partial charge is 0.230 e. The molecule has 2 nitrogen and oxygen atoms in total. The van der Waals surface area contributed by atoms with Crippen LogP contribution in [0, 0.1) is 11.7 Å². The number of rotatable bonds is 6. The summed E-state index contributed by atoms with van der Waals surface area (Å²) in [6, 6.07) is 4.75. The Morgan fingerprint density at radius 2 is 2.11 bits per heavy atom. The number of nitrogens with one attached hydrogen (secondary N) is 1. The molecule has 1 unspecified atom stereocenters. The molecule has 0 spiro atoms. The number of hydrogen-bond donors (Lipinski definition) is 1. The zero-order valence-corrected chi connectivity index (χ0v) is 12.9. The molecule has 0 aliphatic carbocycles. The van der Waals surface area contributed by atoms with Crippen molar-refractivity contribution in [3.8, 4) is 0 Å². The van der Waals surface area contributed by atoms with Gasteiger partial charge in [0.2, 0.25) is 5.91 Å². The lowest BCUT2D eigenvalue weighted by Gasteiger charge is -2.17. The van der Waals surface area contributed by atoms with E-state index in [4.69, 9.17) is 11.6 Å². The van der Waals surface area contributed by atoms with E-state index in [0.29, 0.717) is 28.0 Å². The van der Waals surface area contributed by atoms with Crippen LogP contribution in [0.5, 0.6) is 0 Å². The molecule has 1 aromatic carbocycles. The molecule has 0 radical (unpaired) electrons. The number of hydrogen-bond acceptors (Lipinski definition) is 2. The Morgan fingerprint density at radius 1 is 1.42 bits per heavy atom. The van der Waals surface area contributed by atoms with E-state index >= 15 is 0 Å². The molecule has 19 heavy (non-hydrogen) atoms. The molecule has 1 aromatic rings. The molecule has 0 saturated heterocycles. The Hall–Kier alpha value is -0.740. The fourth-order valence-corrected chi connectivity index (χ4v) is 2.56. The molecule has 1 N–H and O–H groups in total. The first kappa shape index (κ1) is 16.3. The quantitative estimate of drug-likeness (QED) is 0.864. The highest BCUT2D eigenvalue weighted by Gasteiger charge is 2.12. The Kier molecular flexibility index (Phi) is 6.66. The van der Waals surface area contributed by atoms with Gasteiger partial charge in [0, 0.05) is 22.4 Å². The summed E-state index contributed by atoms with van der Waals surface area (Å²) < 4.78 is 13.5. The molecule has 0 aliphatic rings. The molecule has 1 atom stereocenters. The highest BCUT2D eigenvalue weighted by atomic mass is 35.5. The van der Waals surface area contributed by atoms with Gasteiger partial charge in [0.05, 0.1) is 5.75 Å². The van der Waals surface area contributed by atoms with Gasteiger partial charge in [-0.3, -0.25) is 4.79 Å². The van der Waals surface area contributed by atoms with Crippen molar-refractivity contribution in [2.45, 2.75) is 32.6 Å².